The molecule has 1 aromatic rings. The Morgan fingerprint density at radius 2 is 2.05 bits per heavy atom. The number of benzene rings is 1. The molecule has 0 bridgehead atoms. The highest BCUT2D eigenvalue weighted by molar-refractivity contribution is 7.89. The Balaban J connectivity index is 2.86. The Bertz CT molecular complexity index is 541. The van der Waals surface area contributed by atoms with Crippen molar-refractivity contribution in [1.29, 1.82) is 0 Å². The van der Waals surface area contributed by atoms with Crippen molar-refractivity contribution < 1.29 is 17.9 Å². The summed E-state index contributed by atoms with van der Waals surface area (Å²) in [4.78, 5) is 11.6. The van der Waals surface area contributed by atoms with Crippen LogP contribution < -0.4 is 16.2 Å². The minimum Gasteiger partial charge on any atom is -0.380 e. The smallest absolute Gasteiger partial charge is 0.240 e. The van der Waals surface area contributed by atoms with Gasteiger partial charge in [0, 0.05) is 13.7 Å². The van der Waals surface area contributed by atoms with Crippen molar-refractivity contribution in [2.75, 3.05) is 19.0 Å². The molecule has 1 rings (SSSR count). The number of amides is 1. The highest BCUT2D eigenvalue weighted by Gasteiger charge is 2.17. The predicted molar refractivity (Wildman–Crippen MR) is 70.9 cm³/mol. The summed E-state index contributed by atoms with van der Waals surface area (Å²) in [5.74, 6) is -0.395. The van der Waals surface area contributed by atoms with E-state index in [-0.39, 0.29) is 23.5 Å². The van der Waals surface area contributed by atoms with E-state index >= 15 is 0 Å². The molecular formula is C11H17N3O4S. The van der Waals surface area contributed by atoms with Crippen molar-refractivity contribution in [1.82, 2.24) is 0 Å². The second-order valence-electron chi connectivity index (χ2n) is 3.89. The Kier molecular flexibility index (Phi) is 5.43. The van der Waals surface area contributed by atoms with E-state index in [4.69, 9.17) is 15.6 Å². The Morgan fingerprint density at radius 1 is 1.42 bits per heavy atom. The second-order valence-corrected chi connectivity index (χ2v) is 5.42. The molecule has 1 amide bonds. The lowest BCUT2D eigenvalue weighted by atomic mass is 10.2. The monoisotopic (exact) mass is 287 g/mol. The van der Waals surface area contributed by atoms with Gasteiger partial charge in [0.05, 0.1) is 18.2 Å². The highest BCUT2D eigenvalue weighted by Crippen LogP contribution is 2.19. The molecule has 0 heterocycles. The van der Waals surface area contributed by atoms with Gasteiger partial charge in [-0.05, 0) is 12.1 Å². The summed E-state index contributed by atoms with van der Waals surface area (Å²) in [7, 11) is -2.44. The summed E-state index contributed by atoms with van der Waals surface area (Å²) >= 11 is 0. The number of anilines is 1. The summed E-state index contributed by atoms with van der Waals surface area (Å²) in [5, 5.41) is 7.55. The average Bonchev–Trinajstić information content (AvgIpc) is 2.35. The lowest BCUT2D eigenvalue weighted by Gasteiger charge is -2.13. The Morgan fingerprint density at radius 3 is 2.58 bits per heavy atom. The van der Waals surface area contributed by atoms with Crippen LogP contribution >= 0.6 is 0 Å². The topological polar surface area (TPSA) is 125 Å². The fraction of sp³-hybridized carbons (Fsp3) is 0.364. The largest absolute Gasteiger partial charge is 0.380 e. The lowest BCUT2D eigenvalue weighted by molar-refractivity contribution is -0.118. The van der Waals surface area contributed by atoms with Crippen LogP contribution in [0.15, 0.2) is 29.2 Å². The first-order chi connectivity index (χ1) is 8.88. The first-order valence-corrected chi connectivity index (χ1v) is 7.07. The number of primary sulfonamides is 1. The maximum absolute atomic E-state index is 11.7. The number of hydrogen-bond donors (Lipinski definition) is 3. The molecule has 0 aliphatic carbocycles. The van der Waals surface area contributed by atoms with Crippen LogP contribution in [0.4, 0.5) is 5.69 Å². The van der Waals surface area contributed by atoms with Crippen LogP contribution in [0.1, 0.15) is 6.42 Å². The maximum atomic E-state index is 11.7. The predicted octanol–water partition coefficient (Wildman–Crippen LogP) is -0.364. The van der Waals surface area contributed by atoms with E-state index in [2.05, 4.69) is 5.32 Å². The number of methoxy groups -OCH3 is 1. The van der Waals surface area contributed by atoms with E-state index in [0.29, 0.717) is 0 Å². The summed E-state index contributed by atoms with van der Waals surface area (Å²) in [5.41, 5.74) is 5.54. The van der Waals surface area contributed by atoms with Crippen LogP contribution in [-0.4, -0.2) is 34.1 Å². The normalized spacial score (nSPS) is 13.0. The van der Waals surface area contributed by atoms with Crippen molar-refractivity contribution in [3.63, 3.8) is 0 Å². The highest BCUT2D eigenvalue weighted by atomic mass is 32.2. The number of hydrogen-bond acceptors (Lipinski definition) is 5. The van der Waals surface area contributed by atoms with Gasteiger partial charge in [-0.2, -0.15) is 0 Å². The van der Waals surface area contributed by atoms with Gasteiger partial charge < -0.3 is 15.8 Å². The third-order valence-electron chi connectivity index (χ3n) is 2.48. The van der Waals surface area contributed by atoms with Gasteiger partial charge in [-0.25, -0.2) is 13.6 Å². The van der Waals surface area contributed by atoms with Crippen LogP contribution in [0.5, 0.6) is 0 Å². The zero-order valence-electron chi connectivity index (χ0n) is 10.5. The fourth-order valence-electron chi connectivity index (χ4n) is 1.49. The van der Waals surface area contributed by atoms with Crippen LogP contribution in [0.2, 0.25) is 0 Å². The van der Waals surface area contributed by atoms with Gasteiger partial charge in [0.2, 0.25) is 15.9 Å². The van der Waals surface area contributed by atoms with Gasteiger partial charge in [-0.3, -0.25) is 4.79 Å². The third kappa shape index (κ3) is 4.60. The van der Waals surface area contributed by atoms with Gasteiger partial charge in [0.1, 0.15) is 4.90 Å². The molecule has 0 aliphatic rings. The molecule has 106 valence electrons. The van der Waals surface area contributed by atoms with Crippen LogP contribution in [-0.2, 0) is 19.6 Å². The molecular weight excluding hydrogens is 270 g/mol. The van der Waals surface area contributed by atoms with Gasteiger partial charge >= 0.3 is 0 Å². The lowest BCUT2D eigenvalue weighted by Crippen LogP contribution is -2.28. The SMILES string of the molecule is COC(CN)CC(=O)Nc1ccccc1S(N)(=O)=O. The third-order valence-corrected chi connectivity index (χ3v) is 3.45. The second kappa shape index (κ2) is 6.62. The molecule has 0 aromatic heterocycles. The Hall–Kier alpha value is -1.48. The molecule has 0 saturated carbocycles. The quantitative estimate of drug-likeness (QED) is 0.658. The molecule has 1 aromatic carbocycles. The van der Waals surface area contributed by atoms with E-state index in [1.807, 2.05) is 0 Å². The molecule has 0 aliphatic heterocycles. The van der Waals surface area contributed by atoms with Gasteiger partial charge in [0.25, 0.3) is 0 Å². The molecule has 5 N–H and O–H groups in total. The van der Waals surface area contributed by atoms with E-state index < -0.39 is 22.0 Å². The van der Waals surface area contributed by atoms with E-state index in [9.17, 15) is 13.2 Å². The molecule has 1 atom stereocenters. The summed E-state index contributed by atoms with van der Waals surface area (Å²) in [6.07, 6.45) is -0.381. The number of carbonyl (C=O) groups is 1. The average molecular weight is 287 g/mol. The minimum absolute atomic E-state index is 0.0337. The molecule has 0 spiro atoms. The molecule has 0 radical (unpaired) electrons. The molecule has 0 saturated heterocycles. The van der Waals surface area contributed by atoms with Gasteiger partial charge in [0.15, 0.2) is 0 Å². The van der Waals surface area contributed by atoms with Crippen LogP contribution in [0.3, 0.4) is 0 Å². The zero-order chi connectivity index (χ0) is 14.5. The minimum atomic E-state index is -3.89. The number of para-hydroxylation sites is 1. The molecule has 0 fully saturated rings. The number of ether oxygens (including phenoxy) is 1. The van der Waals surface area contributed by atoms with Crippen molar-refractivity contribution >= 4 is 21.6 Å². The molecule has 19 heavy (non-hydrogen) atoms. The van der Waals surface area contributed by atoms with Crippen LogP contribution in [0, 0.1) is 0 Å². The first-order valence-electron chi connectivity index (χ1n) is 5.53. The summed E-state index contributed by atoms with van der Waals surface area (Å²) in [6.45, 7) is 0.195. The number of carbonyl (C=O) groups excluding carboxylic acids is 1. The van der Waals surface area contributed by atoms with Crippen molar-refractivity contribution in [2.24, 2.45) is 10.9 Å². The van der Waals surface area contributed by atoms with E-state index in [1.54, 1.807) is 6.07 Å². The fourth-order valence-corrected chi connectivity index (χ4v) is 2.18. The standard InChI is InChI=1S/C11H17N3O4S/c1-18-8(7-12)6-11(15)14-9-4-2-3-5-10(9)19(13,16)17/h2-5,8H,6-7,12H2,1H3,(H,14,15)(H2,13,16,17). The zero-order valence-corrected chi connectivity index (χ0v) is 11.3. The Labute approximate surface area is 112 Å². The number of nitrogens with two attached hydrogens (primary N) is 2. The number of rotatable bonds is 6. The van der Waals surface area contributed by atoms with Crippen LogP contribution in [0.25, 0.3) is 0 Å². The molecule has 8 heteroatoms. The molecule has 1 unspecified atom stereocenters. The molecule has 7 nitrogen and oxygen atoms in total. The van der Waals surface area contributed by atoms with Crippen molar-refractivity contribution in [2.45, 2.75) is 17.4 Å². The van der Waals surface area contributed by atoms with E-state index in [1.165, 1.54) is 25.3 Å². The number of sulfonamides is 1. The van der Waals surface area contributed by atoms with Crippen molar-refractivity contribution in [3.8, 4) is 0 Å². The van der Waals surface area contributed by atoms with Gasteiger partial charge in [-0.15, -0.1) is 0 Å². The first kappa shape index (κ1) is 15.6. The number of nitrogens with one attached hydrogen (secondary N) is 1. The van der Waals surface area contributed by atoms with Gasteiger partial charge in [-0.1, -0.05) is 12.1 Å². The summed E-state index contributed by atoms with van der Waals surface area (Å²) < 4.78 is 27.7. The van der Waals surface area contributed by atoms with E-state index in [0.717, 1.165) is 0 Å². The van der Waals surface area contributed by atoms with Crippen molar-refractivity contribution in [3.05, 3.63) is 24.3 Å². The summed E-state index contributed by atoms with van der Waals surface area (Å²) in [6, 6.07) is 5.90. The maximum Gasteiger partial charge on any atom is 0.240 e.